The largest absolute Gasteiger partial charge is 0.403 e. The van der Waals surface area contributed by atoms with Crippen molar-refractivity contribution < 1.29 is 19.0 Å². The molecule has 1 aliphatic heterocycles. The maximum atomic E-state index is 10.8. The number of aliphatic hydroxyl groups is 1. The highest BCUT2D eigenvalue weighted by molar-refractivity contribution is 6.74. The molecule has 0 bridgehead atoms. The highest BCUT2D eigenvalue weighted by atomic mass is 28.4. The van der Waals surface area contributed by atoms with Crippen LogP contribution in [0.4, 0.5) is 0 Å². The molecule has 1 saturated heterocycles. The van der Waals surface area contributed by atoms with Crippen LogP contribution in [0.25, 0.3) is 0 Å². The summed E-state index contributed by atoms with van der Waals surface area (Å²) in [6, 6.07) is 0. The first-order valence-corrected chi connectivity index (χ1v) is 14.7. The van der Waals surface area contributed by atoms with E-state index in [1.54, 1.807) is 0 Å². The van der Waals surface area contributed by atoms with Gasteiger partial charge in [-0.15, -0.1) is 0 Å². The Labute approximate surface area is 179 Å². The Morgan fingerprint density at radius 1 is 1.17 bits per heavy atom. The van der Waals surface area contributed by atoms with Gasteiger partial charge >= 0.3 is 0 Å². The minimum atomic E-state index is -1.88. The molecule has 3 fully saturated rings. The lowest BCUT2D eigenvalue weighted by molar-refractivity contribution is -0.275. The summed E-state index contributed by atoms with van der Waals surface area (Å²) in [5.41, 5.74) is 0. The van der Waals surface area contributed by atoms with Gasteiger partial charge in [0.2, 0.25) is 0 Å². The summed E-state index contributed by atoms with van der Waals surface area (Å²) in [4.78, 5) is 0. The molecule has 166 valence electrons. The van der Waals surface area contributed by atoms with Gasteiger partial charge < -0.3 is 19.0 Å². The quantitative estimate of drug-likeness (QED) is 0.352. The maximum Gasteiger partial charge on any atom is 0.193 e. The van der Waals surface area contributed by atoms with E-state index in [9.17, 15) is 5.11 Å². The van der Waals surface area contributed by atoms with Crippen molar-refractivity contribution in [2.45, 2.75) is 109 Å². The van der Waals surface area contributed by atoms with Crippen molar-refractivity contribution in [1.82, 2.24) is 0 Å². The van der Waals surface area contributed by atoms with Crippen molar-refractivity contribution in [3.05, 3.63) is 0 Å². The molecule has 3 aliphatic rings. The van der Waals surface area contributed by atoms with Crippen LogP contribution in [-0.4, -0.2) is 44.6 Å². The molecule has 4 nitrogen and oxygen atoms in total. The molecule has 1 spiro atoms. The summed E-state index contributed by atoms with van der Waals surface area (Å²) in [7, 11) is -1.88. The van der Waals surface area contributed by atoms with Crippen LogP contribution < -0.4 is 0 Å². The number of hydrogen-bond donors (Lipinski definition) is 1. The van der Waals surface area contributed by atoms with E-state index in [1.807, 2.05) is 0 Å². The number of rotatable bonds is 7. The molecular formula is C24H42O4Si. The lowest BCUT2D eigenvalue weighted by Crippen LogP contribution is -2.54. The van der Waals surface area contributed by atoms with Crippen LogP contribution in [0, 0.1) is 29.6 Å². The van der Waals surface area contributed by atoms with Gasteiger partial charge in [-0.3, -0.25) is 0 Å². The van der Waals surface area contributed by atoms with Crippen LogP contribution in [0.5, 0.6) is 0 Å². The summed E-state index contributed by atoms with van der Waals surface area (Å²) < 4.78 is 18.5. The van der Waals surface area contributed by atoms with Gasteiger partial charge in [-0.1, -0.05) is 58.8 Å². The average Bonchev–Trinajstić information content (AvgIpc) is 3.21. The van der Waals surface area contributed by atoms with Crippen molar-refractivity contribution >= 4 is 8.32 Å². The Balaban J connectivity index is 1.65. The number of aliphatic hydroxyl groups excluding tert-OH is 1. The fourth-order valence-corrected chi connectivity index (χ4v) is 6.05. The van der Waals surface area contributed by atoms with Gasteiger partial charge in [0.25, 0.3) is 0 Å². The third-order valence-corrected chi connectivity index (χ3v) is 12.2. The SMILES string of the molecule is CCCCCCC(C#CC1CC2C(CC23OCCO3)C1O)O[Si](C)(C)C(C)(C)C. The molecule has 0 radical (unpaired) electrons. The van der Waals surface area contributed by atoms with E-state index in [2.05, 4.69) is 52.6 Å². The Bertz CT molecular complexity index is 609. The van der Waals surface area contributed by atoms with Gasteiger partial charge in [0.1, 0.15) is 6.10 Å². The van der Waals surface area contributed by atoms with Crippen molar-refractivity contribution in [2.24, 2.45) is 17.8 Å². The van der Waals surface area contributed by atoms with Crippen molar-refractivity contribution in [3.63, 3.8) is 0 Å². The number of unbranched alkanes of at least 4 members (excludes halogenated alkanes) is 3. The van der Waals surface area contributed by atoms with Gasteiger partial charge in [-0.25, -0.2) is 0 Å². The molecule has 0 aromatic carbocycles. The average molecular weight is 423 g/mol. The van der Waals surface area contributed by atoms with Gasteiger partial charge in [-0.05, 0) is 43.3 Å². The highest BCUT2D eigenvalue weighted by Gasteiger charge is 2.64. The summed E-state index contributed by atoms with van der Waals surface area (Å²) in [6.07, 6.45) is 7.21. The number of fused-ring (bicyclic) bond motifs is 2. The summed E-state index contributed by atoms with van der Waals surface area (Å²) in [5, 5.41) is 11.0. The first-order valence-electron chi connectivity index (χ1n) is 11.7. The summed E-state index contributed by atoms with van der Waals surface area (Å²) in [5.74, 6) is 7.07. The maximum absolute atomic E-state index is 10.8. The second-order valence-corrected chi connectivity index (χ2v) is 15.6. The van der Waals surface area contributed by atoms with Gasteiger partial charge in [0.15, 0.2) is 14.1 Å². The predicted octanol–water partition coefficient (Wildman–Crippen LogP) is 5.11. The zero-order chi connectivity index (χ0) is 21.3. The third-order valence-electron chi connectivity index (χ3n) is 7.73. The second kappa shape index (κ2) is 9.00. The molecule has 0 aromatic heterocycles. The lowest BCUT2D eigenvalue weighted by Gasteiger charge is -2.48. The van der Waals surface area contributed by atoms with Gasteiger partial charge in [0, 0.05) is 18.3 Å². The second-order valence-electron chi connectivity index (χ2n) is 10.8. The molecule has 0 amide bonds. The van der Waals surface area contributed by atoms with E-state index < -0.39 is 14.1 Å². The van der Waals surface area contributed by atoms with E-state index in [4.69, 9.17) is 13.9 Å². The summed E-state index contributed by atoms with van der Waals surface area (Å²) >= 11 is 0. The number of hydrogen-bond acceptors (Lipinski definition) is 4. The minimum Gasteiger partial charge on any atom is -0.403 e. The molecule has 3 rings (SSSR count). The van der Waals surface area contributed by atoms with E-state index in [0.717, 1.165) is 25.7 Å². The Morgan fingerprint density at radius 2 is 1.86 bits per heavy atom. The zero-order valence-electron chi connectivity index (χ0n) is 19.4. The molecule has 5 unspecified atom stereocenters. The van der Waals surface area contributed by atoms with E-state index >= 15 is 0 Å². The standard InChI is InChI=1S/C24H42O4Si/c1-7-8-9-10-11-19(28-29(5,6)23(2,3)4)13-12-18-16-21-20(22(18)25)17-24(21)26-14-15-27-24/h18-22,25H,7-11,14-17H2,1-6H3. The lowest BCUT2D eigenvalue weighted by atomic mass is 9.69. The van der Waals surface area contributed by atoms with Crippen molar-refractivity contribution in [1.29, 1.82) is 0 Å². The van der Waals surface area contributed by atoms with Gasteiger partial charge in [0.05, 0.1) is 19.3 Å². The third kappa shape index (κ3) is 4.93. The van der Waals surface area contributed by atoms with E-state index in [1.165, 1.54) is 19.3 Å². The monoisotopic (exact) mass is 422 g/mol. The van der Waals surface area contributed by atoms with Crippen LogP contribution >= 0.6 is 0 Å². The predicted molar refractivity (Wildman–Crippen MR) is 119 cm³/mol. The van der Waals surface area contributed by atoms with Crippen LogP contribution in [0.1, 0.15) is 72.6 Å². The Hall–Kier alpha value is -0.383. The fourth-order valence-electron chi connectivity index (χ4n) is 4.81. The topological polar surface area (TPSA) is 47.9 Å². The Kier molecular flexibility index (Phi) is 7.23. The zero-order valence-corrected chi connectivity index (χ0v) is 20.4. The molecule has 5 atom stereocenters. The van der Waals surface area contributed by atoms with Crippen LogP contribution in [-0.2, 0) is 13.9 Å². The van der Waals surface area contributed by atoms with E-state index in [-0.39, 0.29) is 29.1 Å². The van der Waals surface area contributed by atoms with Crippen LogP contribution in [0.2, 0.25) is 18.1 Å². The molecule has 29 heavy (non-hydrogen) atoms. The molecule has 2 saturated carbocycles. The number of ether oxygens (including phenoxy) is 2. The molecule has 5 heteroatoms. The van der Waals surface area contributed by atoms with Crippen molar-refractivity contribution in [3.8, 4) is 11.8 Å². The minimum absolute atomic E-state index is 0.0123. The molecular weight excluding hydrogens is 380 g/mol. The van der Waals surface area contributed by atoms with Gasteiger partial charge in [-0.2, -0.15) is 0 Å². The van der Waals surface area contributed by atoms with Crippen LogP contribution in [0.15, 0.2) is 0 Å². The fraction of sp³-hybridized carbons (Fsp3) is 0.917. The Morgan fingerprint density at radius 3 is 2.48 bits per heavy atom. The highest BCUT2D eigenvalue weighted by Crippen LogP contribution is 2.59. The first kappa shape index (κ1) is 23.3. The van der Waals surface area contributed by atoms with E-state index in [0.29, 0.717) is 19.1 Å². The molecule has 0 aromatic rings. The normalized spacial score (nSPS) is 31.8. The smallest absolute Gasteiger partial charge is 0.193 e. The van der Waals surface area contributed by atoms with Crippen LogP contribution in [0.3, 0.4) is 0 Å². The first-order chi connectivity index (χ1) is 13.6. The van der Waals surface area contributed by atoms with Crippen molar-refractivity contribution in [2.75, 3.05) is 13.2 Å². The molecule has 2 aliphatic carbocycles. The molecule has 1 heterocycles. The molecule has 1 N–H and O–H groups in total. The summed E-state index contributed by atoms with van der Waals surface area (Å²) in [6.45, 7) is 15.0.